The highest BCUT2D eigenvalue weighted by Gasteiger charge is 2.43. The van der Waals surface area contributed by atoms with Gasteiger partial charge in [0.05, 0.1) is 11.8 Å². The van der Waals surface area contributed by atoms with Crippen molar-refractivity contribution in [1.82, 2.24) is 20.1 Å². The Morgan fingerprint density at radius 3 is 2.57 bits per heavy atom. The van der Waals surface area contributed by atoms with Gasteiger partial charge in [-0.15, -0.1) is 0 Å². The standard InChI is InChI=1S/C22H29N5O3/c1-7-14-9-16(20(28)30-17(8-2)15-11-24-27(6)12-15)18(23-10-14)19-25-21(29)22(5,26-19)13(3)4/h9-13,17H,7-8H2,1-6H3,(H,25,26,29). The second-order valence-electron chi connectivity index (χ2n) is 8.09. The Hall–Kier alpha value is -3.03. The molecule has 1 aliphatic heterocycles. The molecular formula is C22H29N5O3. The maximum absolute atomic E-state index is 13.2. The Bertz CT molecular complexity index is 994. The summed E-state index contributed by atoms with van der Waals surface area (Å²) in [5.41, 5.74) is 1.52. The number of nitrogens with one attached hydrogen (secondary N) is 1. The number of amides is 1. The van der Waals surface area contributed by atoms with Gasteiger partial charge in [0.25, 0.3) is 5.91 Å². The zero-order chi connectivity index (χ0) is 22.1. The van der Waals surface area contributed by atoms with Crippen LogP contribution in [-0.4, -0.2) is 38.0 Å². The number of esters is 1. The van der Waals surface area contributed by atoms with E-state index in [1.165, 1.54) is 0 Å². The first-order chi connectivity index (χ1) is 14.2. The fraction of sp³-hybridized carbons (Fsp3) is 0.500. The molecule has 0 saturated carbocycles. The fourth-order valence-corrected chi connectivity index (χ4v) is 3.28. The van der Waals surface area contributed by atoms with Gasteiger partial charge < -0.3 is 10.1 Å². The van der Waals surface area contributed by atoms with E-state index in [2.05, 4.69) is 20.4 Å². The lowest BCUT2D eigenvalue weighted by molar-refractivity contribution is -0.123. The number of aromatic nitrogens is 3. The molecule has 8 nitrogen and oxygen atoms in total. The minimum Gasteiger partial charge on any atom is -0.454 e. The lowest BCUT2D eigenvalue weighted by Crippen LogP contribution is -2.50. The summed E-state index contributed by atoms with van der Waals surface area (Å²) in [4.78, 5) is 34.3. The number of carbonyl (C=O) groups is 2. The van der Waals surface area contributed by atoms with Crippen molar-refractivity contribution in [3.63, 3.8) is 0 Å². The van der Waals surface area contributed by atoms with Crippen LogP contribution < -0.4 is 5.32 Å². The molecule has 1 aliphatic rings. The highest BCUT2D eigenvalue weighted by molar-refractivity contribution is 6.16. The van der Waals surface area contributed by atoms with Crippen molar-refractivity contribution < 1.29 is 14.3 Å². The van der Waals surface area contributed by atoms with Crippen LogP contribution in [0.4, 0.5) is 0 Å². The monoisotopic (exact) mass is 411 g/mol. The van der Waals surface area contributed by atoms with Gasteiger partial charge in [0.2, 0.25) is 0 Å². The van der Waals surface area contributed by atoms with Gasteiger partial charge in [0, 0.05) is 25.0 Å². The highest BCUT2D eigenvalue weighted by Crippen LogP contribution is 2.27. The molecular weight excluding hydrogens is 382 g/mol. The highest BCUT2D eigenvalue weighted by atomic mass is 16.5. The van der Waals surface area contributed by atoms with Crippen LogP contribution in [0.15, 0.2) is 29.6 Å². The van der Waals surface area contributed by atoms with E-state index >= 15 is 0 Å². The van der Waals surface area contributed by atoms with E-state index < -0.39 is 17.6 Å². The number of hydrogen-bond acceptors (Lipinski definition) is 6. The molecule has 0 saturated heterocycles. The van der Waals surface area contributed by atoms with Gasteiger partial charge in [0.1, 0.15) is 17.3 Å². The Kier molecular flexibility index (Phi) is 6.05. The maximum Gasteiger partial charge on any atom is 0.341 e. The number of aryl methyl sites for hydroxylation is 2. The summed E-state index contributed by atoms with van der Waals surface area (Å²) in [5, 5.41) is 7.35. The van der Waals surface area contributed by atoms with Gasteiger partial charge in [-0.1, -0.05) is 27.7 Å². The number of aliphatic imine (C=N–C) groups is 1. The van der Waals surface area contributed by atoms with Gasteiger partial charge in [-0.2, -0.15) is 10.1 Å². The molecule has 2 unspecified atom stereocenters. The molecule has 1 N–H and O–H groups in total. The van der Waals surface area contributed by atoms with Gasteiger partial charge in [0.15, 0.2) is 5.84 Å². The Balaban J connectivity index is 1.95. The lowest BCUT2D eigenvalue weighted by atomic mass is 9.88. The number of rotatable bonds is 7. The van der Waals surface area contributed by atoms with Crippen molar-refractivity contribution in [3.8, 4) is 0 Å². The summed E-state index contributed by atoms with van der Waals surface area (Å²) in [5.74, 6) is -0.444. The number of ether oxygens (including phenoxy) is 1. The third-order valence-electron chi connectivity index (χ3n) is 5.70. The third-order valence-corrected chi connectivity index (χ3v) is 5.70. The van der Waals surface area contributed by atoms with Crippen molar-refractivity contribution in [2.24, 2.45) is 18.0 Å². The van der Waals surface area contributed by atoms with Crippen LogP contribution in [0.25, 0.3) is 0 Å². The van der Waals surface area contributed by atoms with Crippen LogP contribution in [0.3, 0.4) is 0 Å². The van der Waals surface area contributed by atoms with E-state index in [4.69, 9.17) is 4.74 Å². The molecule has 0 aliphatic carbocycles. The topological polar surface area (TPSA) is 98.5 Å². The molecule has 0 aromatic carbocycles. The number of carbonyl (C=O) groups excluding carboxylic acids is 2. The van der Waals surface area contributed by atoms with E-state index in [0.29, 0.717) is 23.5 Å². The van der Waals surface area contributed by atoms with Gasteiger partial charge in [-0.05, 0) is 37.3 Å². The number of amidine groups is 1. The molecule has 160 valence electrons. The first kappa shape index (κ1) is 21.7. The third kappa shape index (κ3) is 3.99. The van der Waals surface area contributed by atoms with E-state index in [9.17, 15) is 9.59 Å². The average Bonchev–Trinajstić information content (AvgIpc) is 3.29. The SMILES string of the molecule is CCc1cnc(C2=NC(=O)C(C)(C(C)C)N2)c(C(=O)OC(CC)c2cnn(C)c2)c1. The summed E-state index contributed by atoms with van der Waals surface area (Å²) < 4.78 is 7.48. The molecule has 1 amide bonds. The Morgan fingerprint density at radius 1 is 1.30 bits per heavy atom. The lowest BCUT2D eigenvalue weighted by Gasteiger charge is -2.27. The minimum atomic E-state index is -0.830. The summed E-state index contributed by atoms with van der Waals surface area (Å²) in [6, 6.07) is 1.76. The van der Waals surface area contributed by atoms with Crippen LogP contribution in [-0.2, 0) is 23.0 Å². The van der Waals surface area contributed by atoms with Crippen LogP contribution in [0.1, 0.15) is 74.3 Å². The Morgan fingerprint density at radius 2 is 2.03 bits per heavy atom. The maximum atomic E-state index is 13.2. The number of nitrogens with zero attached hydrogens (tertiary/aromatic N) is 4. The first-order valence-corrected chi connectivity index (χ1v) is 10.3. The van der Waals surface area contributed by atoms with Crippen LogP contribution in [0.5, 0.6) is 0 Å². The molecule has 3 heterocycles. The molecule has 2 atom stereocenters. The van der Waals surface area contributed by atoms with E-state index in [1.54, 1.807) is 23.1 Å². The van der Waals surface area contributed by atoms with Crippen molar-refractivity contribution in [1.29, 1.82) is 0 Å². The number of pyridine rings is 1. The number of hydrogen-bond donors (Lipinski definition) is 1. The van der Waals surface area contributed by atoms with Crippen molar-refractivity contribution in [2.45, 2.75) is 59.1 Å². The predicted molar refractivity (Wildman–Crippen MR) is 113 cm³/mol. The molecule has 2 aromatic heterocycles. The smallest absolute Gasteiger partial charge is 0.341 e. The van der Waals surface area contributed by atoms with Gasteiger partial charge in [-0.25, -0.2) is 4.79 Å². The Labute approximate surface area is 176 Å². The average molecular weight is 412 g/mol. The molecule has 0 fully saturated rings. The largest absolute Gasteiger partial charge is 0.454 e. The second-order valence-corrected chi connectivity index (χ2v) is 8.09. The van der Waals surface area contributed by atoms with E-state index in [0.717, 1.165) is 17.5 Å². The quantitative estimate of drug-likeness (QED) is 0.704. The zero-order valence-electron chi connectivity index (χ0n) is 18.4. The van der Waals surface area contributed by atoms with E-state index in [-0.39, 0.29) is 11.8 Å². The second kappa shape index (κ2) is 8.38. The minimum absolute atomic E-state index is 0.0200. The van der Waals surface area contributed by atoms with Crippen LogP contribution in [0.2, 0.25) is 0 Å². The van der Waals surface area contributed by atoms with Gasteiger partial charge >= 0.3 is 5.97 Å². The van der Waals surface area contributed by atoms with Crippen molar-refractivity contribution >= 4 is 17.7 Å². The van der Waals surface area contributed by atoms with Gasteiger partial charge in [-0.3, -0.25) is 14.5 Å². The molecule has 3 rings (SSSR count). The van der Waals surface area contributed by atoms with Crippen molar-refractivity contribution in [2.75, 3.05) is 0 Å². The van der Waals surface area contributed by atoms with Crippen LogP contribution >= 0.6 is 0 Å². The fourth-order valence-electron chi connectivity index (χ4n) is 3.28. The van der Waals surface area contributed by atoms with Crippen molar-refractivity contribution in [3.05, 3.63) is 47.0 Å². The molecule has 0 spiro atoms. The first-order valence-electron chi connectivity index (χ1n) is 10.3. The molecule has 8 heteroatoms. The summed E-state index contributed by atoms with van der Waals surface area (Å²) in [6.07, 6.45) is 6.12. The summed E-state index contributed by atoms with van der Waals surface area (Å²) in [7, 11) is 1.82. The normalized spacial score (nSPS) is 19.6. The zero-order valence-corrected chi connectivity index (χ0v) is 18.4. The molecule has 0 radical (unpaired) electrons. The van der Waals surface area contributed by atoms with Crippen LogP contribution in [0, 0.1) is 5.92 Å². The summed E-state index contributed by atoms with van der Waals surface area (Å²) in [6.45, 7) is 9.64. The predicted octanol–water partition coefficient (Wildman–Crippen LogP) is 2.98. The molecule has 30 heavy (non-hydrogen) atoms. The molecule has 0 bridgehead atoms. The molecule has 2 aromatic rings. The summed E-state index contributed by atoms with van der Waals surface area (Å²) >= 11 is 0. The van der Waals surface area contributed by atoms with E-state index in [1.807, 2.05) is 47.9 Å².